The second-order valence-electron chi connectivity index (χ2n) is 3.28. The number of esters is 1. The molecular weight excluding hydrogens is 279 g/mol. The molecule has 17 heavy (non-hydrogen) atoms. The number of hydrogen-bond donors (Lipinski definition) is 0. The Morgan fingerprint density at radius 3 is 2.59 bits per heavy atom. The minimum atomic E-state index is -0.332. The highest BCUT2D eigenvalue weighted by atomic mass is 35.5. The summed E-state index contributed by atoms with van der Waals surface area (Å²) in [6, 6.07) is 8.96. The fraction of sp³-hybridized carbons (Fsp3) is 0.0833. The topological polar surface area (TPSA) is 26.3 Å². The number of ether oxygens (including phenoxy) is 1. The van der Waals surface area contributed by atoms with E-state index in [4.69, 9.17) is 23.2 Å². The highest BCUT2D eigenvalue weighted by Gasteiger charge is 2.10. The average Bonchev–Trinajstić information content (AvgIpc) is 2.81. The summed E-state index contributed by atoms with van der Waals surface area (Å²) in [7, 11) is 1.36. The highest BCUT2D eigenvalue weighted by molar-refractivity contribution is 7.17. The van der Waals surface area contributed by atoms with Crippen molar-refractivity contribution in [2.24, 2.45) is 0 Å². The number of carbonyl (C=O) groups is 1. The maximum absolute atomic E-state index is 11.3. The van der Waals surface area contributed by atoms with Crippen LogP contribution in [0.3, 0.4) is 0 Å². The quantitative estimate of drug-likeness (QED) is 0.760. The first-order chi connectivity index (χ1) is 8.11. The van der Waals surface area contributed by atoms with E-state index < -0.39 is 0 Å². The molecule has 1 heterocycles. The molecule has 0 atom stereocenters. The first-order valence-corrected chi connectivity index (χ1v) is 6.32. The van der Waals surface area contributed by atoms with Gasteiger partial charge in [-0.15, -0.1) is 11.3 Å². The van der Waals surface area contributed by atoms with Gasteiger partial charge in [-0.3, -0.25) is 0 Å². The lowest BCUT2D eigenvalue weighted by molar-refractivity contribution is 0.0606. The summed E-state index contributed by atoms with van der Waals surface area (Å²) in [5.41, 5.74) is 0.930. The molecule has 5 heteroatoms. The van der Waals surface area contributed by atoms with E-state index in [0.29, 0.717) is 14.9 Å². The van der Waals surface area contributed by atoms with Crippen molar-refractivity contribution in [3.63, 3.8) is 0 Å². The summed E-state index contributed by atoms with van der Waals surface area (Å²) in [6.07, 6.45) is 0. The van der Waals surface area contributed by atoms with Gasteiger partial charge in [0, 0.05) is 4.88 Å². The van der Waals surface area contributed by atoms with Crippen LogP contribution in [0.15, 0.2) is 30.3 Å². The van der Waals surface area contributed by atoms with Crippen molar-refractivity contribution < 1.29 is 9.53 Å². The largest absolute Gasteiger partial charge is 0.465 e. The van der Waals surface area contributed by atoms with Crippen molar-refractivity contribution in [2.75, 3.05) is 7.11 Å². The molecule has 0 N–H and O–H groups in total. The van der Waals surface area contributed by atoms with Gasteiger partial charge < -0.3 is 4.74 Å². The van der Waals surface area contributed by atoms with Crippen LogP contribution in [0, 0.1) is 0 Å². The van der Waals surface area contributed by atoms with E-state index in [1.807, 2.05) is 12.1 Å². The first-order valence-electron chi connectivity index (χ1n) is 4.75. The van der Waals surface area contributed by atoms with Crippen LogP contribution < -0.4 is 0 Å². The van der Waals surface area contributed by atoms with Crippen LogP contribution in [-0.4, -0.2) is 13.1 Å². The SMILES string of the molecule is COC(=O)c1ccc(-c2ccc(Cl)c(Cl)c2)s1. The minimum Gasteiger partial charge on any atom is -0.465 e. The summed E-state index contributed by atoms with van der Waals surface area (Å²) in [5, 5.41) is 1.01. The summed E-state index contributed by atoms with van der Waals surface area (Å²) in [6.45, 7) is 0. The van der Waals surface area contributed by atoms with Gasteiger partial charge in [0.25, 0.3) is 0 Å². The number of benzene rings is 1. The van der Waals surface area contributed by atoms with Crippen molar-refractivity contribution in [1.29, 1.82) is 0 Å². The van der Waals surface area contributed by atoms with Gasteiger partial charge in [-0.25, -0.2) is 4.79 Å². The zero-order chi connectivity index (χ0) is 12.4. The Morgan fingerprint density at radius 2 is 1.94 bits per heavy atom. The Balaban J connectivity index is 2.37. The van der Waals surface area contributed by atoms with E-state index in [2.05, 4.69) is 4.74 Å². The number of thiophene rings is 1. The fourth-order valence-corrected chi connectivity index (χ4v) is 2.57. The second kappa shape index (κ2) is 5.08. The zero-order valence-corrected chi connectivity index (χ0v) is 11.2. The van der Waals surface area contributed by atoms with Gasteiger partial charge in [-0.2, -0.15) is 0 Å². The molecule has 1 aromatic carbocycles. The highest BCUT2D eigenvalue weighted by Crippen LogP contribution is 2.32. The van der Waals surface area contributed by atoms with Crippen molar-refractivity contribution in [2.45, 2.75) is 0 Å². The van der Waals surface area contributed by atoms with Crippen LogP contribution in [0.5, 0.6) is 0 Å². The van der Waals surface area contributed by atoms with Crippen LogP contribution in [0.1, 0.15) is 9.67 Å². The molecule has 2 aromatic rings. The molecule has 0 amide bonds. The normalized spacial score (nSPS) is 10.3. The number of rotatable bonds is 2. The Bertz CT molecular complexity index is 563. The molecule has 2 nitrogen and oxygen atoms in total. The lowest BCUT2D eigenvalue weighted by Gasteiger charge is -2.00. The van der Waals surface area contributed by atoms with Crippen LogP contribution in [0.2, 0.25) is 10.0 Å². The van der Waals surface area contributed by atoms with Crippen molar-refractivity contribution in [1.82, 2.24) is 0 Å². The van der Waals surface area contributed by atoms with Gasteiger partial charge >= 0.3 is 5.97 Å². The van der Waals surface area contributed by atoms with E-state index in [1.54, 1.807) is 18.2 Å². The standard InChI is InChI=1S/C12H8Cl2O2S/c1-16-12(15)11-5-4-10(17-11)7-2-3-8(13)9(14)6-7/h2-6H,1H3. The molecule has 0 saturated heterocycles. The minimum absolute atomic E-state index is 0.332. The molecule has 0 saturated carbocycles. The van der Waals surface area contributed by atoms with Crippen molar-refractivity contribution in [3.05, 3.63) is 45.3 Å². The molecule has 2 rings (SSSR count). The smallest absolute Gasteiger partial charge is 0.348 e. The lowest BCUT2D eigenvalue weighted by Crippen LogP contribution is -1.96. The zero-order valence-electron chi connectivity index (χ0n) is 8.87. The van der Waals surface area contributed by atoms with Gasteiger partial charge in [0.05, 0.1) is 17.2 Å². The van der Waals surface area contributed by atoms with Crippen molar-refractivity contribution in [3.8, 4) is 10.4 Å². The van der Waals surface area contributed by atoms with Crippen LogP contribution in [0.4, 0.5) is 0 Å². The molecule has 0 bridgehead atoms. The van der Waals surface area contributed by atoms with Gasteiger partial charge in [0.15, 0.2) is 0 Å². The van der Waals surface area contributed by atoms with E-state index in [-0.39, 0.29) is 5.97 Å². The summed E-state index contributed by atoms with van der Waals surface area (Å²) >= 11 is 13.1. The molecule has 88 valence electrons. The molecule has 0 aliphatic heterocycles. The maximum Gasteiger partial charge on any atom is 0.348 e. The Labute approximate surface area is 113 Å². The number of methoxy groups -OCH3 is 1. The first kappa shape index (κ1) is 12.4. The van der Waals surface area contributed by atoms with Crippen molar-refractivity contribution >= 4 is 40.5 Å². The summed E-state index contributed by atoms with van der Waals surface area (Å²) < 4.78 is 4.65. The van der Waals surface area contributed by atoms with Crippen LogP contribution in [-0.2, 0) is 4.74 Å². The molecule has 0 aliphatic carbocycles. The van der Waals surface area contributed by atoms with Crippen LogP contribution in [0.25, 0.3) is 10.4 Å². The van der Waals surface area contributed by atoms with Crippen LogP contribution >= 0.6 is 34.5 Å². The van der Waals surface area contributed by atoms with E-state index in [0.717, 1.165) is 10.4 Å². The number of carbonyl (C=O) groups excluding carboxylic acids is 1. The van der Waals surface area contributed by atoms with E-state index in [1.165, 1.54) is 18.4 Å². The Kier molecular flexibility index (Phi) is 3.72. The van der Waals surface area contributed by atoms with Gasteiger partial charge in [-0.05, 0) is 29.8 Å². The molecular formula is C12H8Cl2O2S. The molecule has 0 radical (unpaired) electrons. The lowest BCUT2D eigenvalue weighted by atomic mass is 10.2. The molecule has 0 spiro atoms. The third-order valence-corrected chi connectivity index (χ3v) is 4.05. The molecule has 1 aromatic heterocycles. The predicted octanol–water partition coefficient (Wildman–Crippen LogP) is 4.51. The van der Waals surface area contributed by atoms with Gasteiger partial charge in [-0.1, -0.05) is 29.3 Å². The fourth-order valence-electron chi connectivity index (χ4n) is 1.35. The number of hydrogen-bond acceptors (Lipinski definition) is 3. The predicted molar refractivity (Wildman–Crippen MR) is 71.1 cm³/mol. The van der Waals surface area contributed by atoms with E-state index >= 15 is 0 Å². The monoisotopic (exact) mass is 286 g/mol. The third-order valence-electron chi connectivity index (χ3n) is 2.20. The maximum atomic E-state index is 11.3. The average molecular weight is 287 g/mol. The Morgan fingerprint density at radius 1 is 1.18 bits per heavy atom. The Hall–Kier alpha value is -1.03. The number of halogens is 2. The summed E-state index contributed by atoms with van der Waals surface area (Å²) in [5.74, 6) is -0.332. The van der Waals surface area contributed by atoms with E-state index in [9.17, 15) is 4.79 Å². The molecule has 0 unspecified atom stereocenters. The van der Waals surface area contributed by atoms with Gasteiger partial charge in [0.1, 0.15) is 4.88 Å². The van der Waals surface area contributed by atoms with Gasteiger partial charge in [0.2, 0.25) is 0 Å². The molecule has 0 fully saturated rings. The third kappa shape index (κ3) is 2.63. The molecule has 0 aliphatic rings. The second-order valence-corrected chi connectivity index (χ2v) is 5.18. The summed E-state index contributed by atoms with van der Waals surface area (Å²) in [4.78, 5) is 12.8.